The van der Waals surface area contributed by atoms with Gasteiger partial charge in [0.25, 0.3) is 0 Å². The molecule has 2 aromatic carbocycles. The van der Waals surface area contributed by atoms with E-state index in [9.17, 15) is 0 Å². The first-order chi connectivity index (χ1) is 8.19. The number of benzene rings is 2. The minimum atomic E-state index is 0.717. The Morgan fingerprint density at radius 3 is 2.71 bits per heavy atom. The van der Waals surface area contributed by atoms with E-state index < -0.39 is 0 Å². The topological polar surface area (TPSA) is 9.23 Å². The normalized spacial score (nSPS) is 10.3. The van der Waals surface area contributed by atoms with E-state index in [-0.39, 0.29) is 0 Å². The van der Waals surface area contributed by atoms with Gasteiger partial charge in [-0.1, -0.05) is 39.7 Å². The molecular formula is C14H12BrClO. The fraction of sp³-hybridized carbons (Fsp3) is 0.143. The van der Waals surface area contributed by atoms with Crippen LogP contribution in [0.15, 0.2) is 42.5 Å². The Balaban J connectivity index is 2.29. The third-order valence-corrected chi connectivity index (χ3v) is 3.22. The lowest BCUT2D eigenvalue weighted by molar-refractivity contribution is 0.478. The summed E-state index contributed by atoms with van der Waals surface area (Å²) in [7, 11) is 0. The van der Waals surface area contributed by atoms with Crippen molar-refractivity contribution in [2.45, 2.75) is 12.3 Å². The fourth-order valence-electron chi connectivity index (χ4n) is 1.56. The van der Waals surface area contributed by atoms with Crippen molar-refractivity contribution in [3.8, 4) is 11.5 Å². The number of ether oxygens (including phenoxy) is 1. The van der Waals surface area contributed by atoms with Crippen LogP contribution >= 0.6 is 27.5 Å². The summed E-state index contributed by atoms with van der Waals surface area (Å²) in [5.74, 6) is 1.67. The van der Waals surface area contributed by atoms with Crippen LogP contribution in [0.5, 0.6) is 11.5 Å². The van der Waals surface area contributed by atoms with Crippen molar-refractivity contribution in [2.24, 2.45) is 0 Å². The van der Waals surface area contributed by atoms with Gasteiger partial charge in [0.05, 0.1) is 0 Å². The summed E-state index contributed by atoms with van der Waals surface area (Å²) in [4.78, 5) is 0. The van der Waals surface area contributed by atoms with Crippen LogP contribution in [0, 0.1) is 6.92 Å². The van der Waals surface area contributed by atoms with Crippen molar-refractivity contribution in [3.05, 3.63) is 58.6 Å². The lowest BCUT2D eigenvalue weighted by Crippen LogP contribution is -1.89. The van der Waals surface area contributed by atoms with E-state index in [0.29, 0.717) is 5.33 Å². The molecule has 0 saturated carbocycles. The number of halogens is 2. The molecule has 0 heterocycles. The number of alkyl halides is 1. The van der Waals surface area contributed by atoms with E-state index in [0.717, 1.165) is 22.1 Å². The van der Waals surface area contributed by atoms with Crippen LogP contribution in [0.2, 0.25) is 5.02 Å². The van der Waals surface area contributed by atoms with Gasteiger partial charge in [-0.2, -0.15) is 0 Å². The van der Waals surface area contributed by atoms with Gasteiger partial charge in [-0.15, -0.1) is 0 Å². The summed E-state index contributed by atoms with van der Waals surface area (Å²) in [6.45, 7) is 2.04. The molecule has 0 radical (unpaired) electrons. The fourth-order valence-corrected chi connectivity index (χ4v) is 2.19. The second-order valence-corrected chi connectivity index (χ2v) is 4.80. The van der Waals surface area contributed by atoms with Crippen molar-refractivity contribution >= 4 is 27.5 Å². The average molecular weight is 312 g/mol. The van der Waals surface area contributed by atoms with E-state index in [1.165, 1.54) is 5.56 Å². The summed E-state index contributed by atoms with van der Waals surface area (Å²) >= 11 is 9.38. The van der Waals surface area contributed by atoms with Gasteiger partial charge in [0.2, 0.25) is 0 Å². The lowest BCUT2D eigenvalue weighted by Gasteiger charge is -2.10. The van der Waals surface area contributed by atoms with Crippen molar-refractivity contribution in [2.75, 3.05) is 0 Å². The third-order valence-electron chi connectivity index (χ3n) is 2.38. The number of hydrogen-bond acceptors (Lipinski definition) is 1. The molecule has 0 bridgehead atoms. The number of hydrogen-bond donors (Lipinski definition) is 0. The van der Waals surface area contributed by atoms with Crippen molar-refractivity contribution in [1.29, 1.82) is 0 Å². The summed E-state index contributed by atoms with van der Waals surface area (Å²) in [5, 5.41) is 1.44. The zero-order chi connectivity index (χ0) is 12.3. The molecule has 0 saturated heterocycles. The molecule has 17 heavy (non-hydrogen) atoms. The maximum atomic E-state index is 5.95. The summed E-state index contributed by atoms with van der Waals surface area (Å²) in [6, 6.07) is 13.6. The van der Waals surface area contributed by atoms with Crippen LogP contribution in [0.25, 0.3) is 0 Å². The maximum absolute atomic E-state index is 5.95. The molecule has 0 fully saturated rings. The molecule has 0 spiro atoms. The molecule has 0 aliphatic rings. The molecule has 2 rings (SSSR count). The second-order valence-electron chi connectivity index (χ2n) is 3.80. The summed E-state index contributed by atoms with van der Waals surface area (Å²) in [5.41, 5.74) is 2.22. The Hall–Kier alpha value is -0.990. The van der Waals surface area contributed by atoms with Crippen LogP contribution < -0.4 is 4.74 Å². The molecule has 0 aliphatic carbocycles. The predicted octanol–water partition coefficient (Wildman–Crippen LogP) is 5.34. The smallest absolute Gasteiger partial charge is 0.131 e. The standard InChI is InChI=1S/C14H12BrClO/c1-10-3-2-4-13(7-10)17-14-6-5-12(16)8-11(14)9-15/h2-8H,9H2,1H3. The Labute approximate surface area is 115 Å². The SMILES string of the molecule is Cc1cccc(Oc2ccc(Cl)cc2CBr)c1. The highest BCUT2D eigenvalue weighted by Gasteiger charge is 2.05. The van der Waals surface area contributed by atoms with E-state index in [2.05, 4.69) is 15.9 Å². The molecule has 2 aromatic rings. The third kappa shape index (κ3) is 3.24. The van der Waals surface area contributed by atoms with Gasteiger partial charge < -0.3 is 4.74 Å². The first-order valence-corrected chi connectivity index (χ1v) is 6.78. The Bertz CT molecular complexity index is 525. The van der Waals surface area contributed by atoms with E-state index in [1.54, 1.807) is 0 Å². The summed E-state index contributed by atoms with van der Waals surface area (Å²) in [6.07, 6.45) is 0. The minimum Gasteiger partial charge on any atom is -0.457 e. The monoisotopic (exact) mass is 310 g/mol. The molecule has 0 atom stereocenters. The predicted molar refractivity (Wildman–Crippen MR) is 75.3 cm³/mol. The molecule has 3 heteroatoms. The number of aryl methyl sites for hydroxylation is 1. The number of rotatable bonds is 3. The first kappa shape index (κ1) is 12.5. The zero-order valence-electron chi connectivity index (χ0n) is 9.41. The average Bonchev–Trinajstić information content (AvgIpc) is 2.31. The molecule has 0 aromatic heterocycles. The highest BCUT2D eigenvalue weighted by atomic mass is 79.9. The Kier molecular flexibility index (Phi) is 4.08. The van der Waals surface area contributed by atoms with E-state index in [1.807, 2.05) is 49.4 Å². The van der Waals surface area contributed by atoms with Gasteiger partial charge in [0, 0.05) is 15.9 Å². The van der Waals surface area contributed by atoms with Gasteiger partial charge in [-0.3, -0.25) is 0 Å². The van der Waals surface area contributed by atoms with E-state index in [4.69, 9.17) is 16.3 Å². The van der Waals surface area contributed by atoms with Crippen LogP contribution in [0.3, 0.4) is 0 Å². The van der Waals surface area contributed by atoms with Gasteiger partial charge in [-0.05, 0) is 42.8 Å². The molecule has 88 valence electrons. The summed E-state index contributed by atoms with van der Waals surface area (Å²) < 4.78 is 5.85. The van der Waals surface area contributed by atoms with Crippen molar-refractivity contribution in [3.63, 3.8) is 0 Å². The largest absolute Gasteiger partial charge is 0.457 e. The molecule has 0 unspecified atom stereocenters. The highest BCUT2D eigenvalue weighted by Crippen LogP contribution is 2.29. The van der Waals surface area contributed by atoms with Gasteiger partial charge in [0.1, 0.15) is 11.5 Å². The molecule has 1 nitrogen and oxygen atoms in total. The Morgan fingerprint density at radius 1 is 1.18 bits per heavy atom. The van der Waals surface area contributed by atoms with Crippen molar-refractivity contribution < 1.29 is 4.74 Å². The lowest BCUT2D eigenvalue weighted by atomic mass is 10.2. The maximum Gasteiger partial charge on any atom is 0.131 e. The molecule has 0 N–H and O–H groups in total. The minimum absolute atomic E-state index is 0.717. The molecule has 0 amide bonds. The Morgan fingerprint density at radius 2 is 2.00 bits per heavy atom. The highest BCUT2D eigenvalue weighted by molar-refractivity contribution is 9.08. The van der Waals surface area contributed by atoms with Crippen LogP contribution in [-0.2, 0) is 5.33 Å². The van der Waals surface area contributed by atoms with Gasteiger partial charge in [0.15, 0.2) is 0 Å². The van der Waals surface area contributed by atoms with Crippen molar-refractivity contribution in [1.82, 2.24) is 0 Å². The molecular weight excluding hydrogens is 300 g/mol. The van der Waals surface area contributed by atoms with Gasteiger partial charge >= 0.3 is 0 Å². The van der Waals surface area contributed by atoms with Crippen LogP contribution in [0.4, 0.5) is 0 Å². The van der Waals surface area contributed by atoms with E-state index >= 15 is 0 Å². The van der Waals surface area contributed by atoms with Crippen LogP contribution in [-0.4, -0.2) is 0 Å². The van der Waals surface area contributed by atoms with Gasteiger partial charge in [-0.25, -0.2) is 0 Å². The van der Waals surface area contributed by atoms with Crippen LogP contribution in [0.1, 0.15) is 11.1 Å². The zero-order valence-corrected chi connectivity index (χ0v) is 11.8. The second kappa shape index (κ2) is 5.56. The first-order valence-electron chi connectivity index (χ1n) is 5.28. The molecule has 0 aliphatic heterocycles. The quantitative estimate of drug-likeness (QED) is 0.696.